The maximum absolute atomic E-state index is 9.69. The summed E-state index contributed by atoms with van der Waals surface area (Å²) in [5.74, 6) is 0.755. The Hall–Kier alpha value is -0.290. The molecule has 1 aliphatic rings. The Kier molecular flexibility index (Phi) is 6.20. The van der Waals surface area contributed by atoms with Crippen molar-refractivity contribution in [3.05, 3.63) is 24.3 Å². The summed E-state index contributed by atoms with van der Waals surface area (Å²) in [4.78, 5) is 0. The van der Waals surface area contributed by atoms with Crippen LogP contribution in [0.5, 0.6) is 0 Å². The van der Waals surface area contributed by atoms with E-state index in [2.05, 4.69) is 0 Å². The van der Waals surface area contributed by atoms with Crippen molar-refractivity contribution < 1.29 is 9.11 Å². The van der Waals surface area contributed by atoms with E-state index in [1.807, 2.05) is 38.2 Å². The van der Waals surface area contributed by atoms with Crippen molar-refractivity contribution in [2.75, 3.05) is 18.8 Å². The summed E-state index contributed by atoms with van der Waals surface area (Å²) in [6.45, 7) is 5.38. The van der Waals surface area contributed by atoms with Crippen LogP contribution in [0.3, 0.4) is 0 Å². The minimum Gasteiger partial charge on any atom is -0.285 e. The van der Waals surface area contributed by atoms with Crippen LogP contribution in [0.15, 0.2) is 24.3 Å². The van der Waals surface area contributed by atoms with Crippen LogP contribution in [0.2, 0.25) is 0 Å². The zero-order chi connectivity index (χ0) is 10.6. The fourth-order valence-electron chi connectivity index (χ4n) is 1.61. The number of nitrogens with zero attached hydrogens (tertiary/aromatic N) is 1. The molecule has 0 aromatic rings. The molecule has 1 fully saturated rings. The van der Waals surface area contributed by atoms with Crippen molar-refractivity contribution in [1.29, 1.82) is 0 Å². The van der Waals surface area contributed by atoms with Crippen LogP contribution in [0.1, 0.15) is 21.3 Å². The molecule has 90 valence electrons. The molecular formula is C11H23NO2S. The number of allylic oxidation sites excluding steroid dienone is 3. The van der Waals surface area contributed by atoms with Crippen molar-refractivity contribution >= 4 is 10.8 Å². The molecule has 1 rings (SSSR count). The molecule has 3 nitrogen and oxygen atoms in total. The lowest BCUT2D eigenvalue weighted by molar-refractivity contribution is 0.382. The van der Waals surface area contributed by atoms with E-state index < -0.39 is 10.8 Å². The Morgan fingerprint density at radius 2 is 2.07 bits per heavy atom. The van der Waals surface area contributed by atoms with Gasteiger partial charge in [0.1, 0.15) is 0 Å². The summed E-state index contributed by atoms with van der Waals surface area (Å²) in [5, 5.41) is 0. The van der Waals surface area contributed by atoms with Crippen LogP contribution in [0.4, 0.5) is 0 Å². The van der Waals surface area contributed by atoms with Gasteiger partial charge in [0.2, 0.25) is 0 Å². The van der Waals surface area contributed by atoms with E-state index in [9.17, 15) is 9.11 Å². The highest BCUT2D eigenvalue weighted by Gasteiger charge is 2.33. The van der Waals surface area contributed by atoms with Gasteiger partial charge in [0, 0.05) is 19.0 Å². The van der Waals surface area contributed by atoms with Gasteiger partial charge in [-0.25, -0.2) is 4.31 Å². The third-order valence-corrected chi connectivity index (χ3v) is 4.44. The maximum atomic E-state index is 9.69. The average molecular weight is 233 g/mol. The zero-order valence-electron chi connectivity index (χ0n) is 8.76. The van der Waals surface area contributed by atoms with Crippen molar-refractivity contribution in [1.82, 2.24) is 4.31 Å². The summed E-state index contributed by atoms with van der Waals surface area (Å²) in [6, 6.07) is 0. The van der Waals surface area contributed by atoms with Crippen molar-refractivity contribution in [2.24, 2.45) is 5.92 Å². The molecule has 15 heavy (non-hydrogen) atoms. The lowest BCUT2D eigenvalue weighted by atomic mass is 10.1. The van der Waals surface area contributed by atoms with E-state index in [1.54, 1.807) is 4.31 Å². The molecule has 0 radical (unpaired) electrons. The SMILES string of the molecule is C.C/C=C\C=C/C1CN(CC)S(O)(O)C1. The minimum atomic E-state index is -2.47. The second-order valence-electron chi connectivity index (χ2n) is 3.45. The van der Waals surface area contributed by atoms with Gasteiger partial charge in [0.25, 0.3) is 0 Å². The highest BCUT2D eigenvalue weighted by Crippen LogP contribution is 2.50. The molecule has 0 saturated carbocycles. The Balaban J connectivity index is 0.00000196. The predicted octanol–water partition coefficient (Wildman–Crippen LogP) is 3.37. The van der Waals surface area contributed by atoms with Gasteiger partial charge in [-0.1, -0.05) is 38.7 Å². The highest BCUT2D eigenvalue weighted by atomic mass is 32.3. The molecule has 0 aromatic heterocycles. The molecule has 4 heteroatoms. The Bertz CT molecular complexity index is 239. The standard InChI is InChI=1S/C10H19NO2S.CH4/c1-3-5-6-7-10-8-11(4-2)14(12,13)9-10;/h3,5-7,10,12-13H,4,8-9H2,1-2H3;1H4/b5-3-,7-6-;. The summed E-state index contributed by atoms with van der Waals surface area (Å²) >= 11 is 0. The van der Waals surface area contributed by atoms with E-state index in [0.29, 0.717) is 12.3 Å². The monoisotopic (exact) mass is 233 g/mol. The van der Waals surface area contributed by atoms with Gasteiger partial charge < -0.3 is 0 Å². The van der Waals surface area contributed by atoms with Crippen molar-refractivity contribution in [3.8, 4) is 0 Å². The number of rotatable bonds is 3. The normalized spacial score (nSPS) is 28.4. The molecule has 1 atom stereocenters. The first-order chi connectivity index (χ1) is 6.60. The molecule has 1 saturated heterocycles. The number of hydrogen-bond acceptors (Lipinski definition) is 3. The van der Waals surface area contributed by atoms with E-state index in [4.69, 9.17) is 0 Å². The predicted molar refractivity (Wildman–Crippen MR) is 69.1 cm³/mol. The van der Waals surface area contributed by atoms with Crippen LogP contribution in [-0.4, -0.2) is 32.3 Å². The van der Waals surface area contributed by atoms with E-state index >= 15 is 0 Å². The molecular weight excluding hydrogens is 210 g/mol. The zero-order valence-corrected chi connectivity index (χ0v) is 9.57. The summed E-state index contributed by atoms with van der Waals surface area (Å²) in [5.41, 5.74) is 0. The Labute approximate surface area is 95.0 Å². The second kappa shape index (κ2) is 6.33. The van der Waals surface area contributed by atoms with Crippen LogP contribution in [0, 0.1) is 5.92 Å². The molecule has 0 spiro atoms. The average Bonchev–Trinajstić information content (AvgIpc) is 2.41. The quantitative estimate of drug-likeness (QED) is 0.734. The van der Waals surface area contributed by atoms with Gasteiger partial charge in [0.15, 0.2) is 0 Å². The van der Waals surface area contributed by atoms with Crippen LogP contribution >= 0.6 is 10.8 Å². The minimum absolute atomic E-state index is 0. The van der Waals surface area contributed by atoms with E-state index in [1.165, 1.54) is 0 Å². The van der Waals surface area contributed by atoms with Crippen LogP contribution in [0.25, 0.3) is 0 Å². The number of hydrogen-bond donors (Lipinski definition) is 2. The second-order valence-corrected chi connectivity index (χ2v) is 5.56. The third-order valence-electron chi connectivity index (χ3n) is 2.33. The van der Waals surface area contributed by atoms with Crippen LogP contribution < -0.4 is 0 Å². The molecule has 0 bridgehead atoms. The molecule has 2 N–H and O–H groups in total. The van der Waals surface area contributed by atoms with Gasteiger partial charge >= 0.3 is 0 Å². The highest BCUT2D eigenvalue weighted by molar-refractivity contribution is 8.22. The van der Waals surface area contributed by atoms with Gasteiger partial charge in [-0.05, 0) is 6.92 Å². The molecule has 0 amide bonds. The lowest BCUT2D eigenvalue weighted by Crippen LogP contribution is -2.22. The fraction of sp³-hybridized carbons (Fsp3) is 0.636. The Morgan fingerprint density at radius 3 is 2.53 bits per heavy atom. The molecule has 1 heterocycles. The fourth-order valence-corrected chi connectivity index (χ4v) is 3.46. The maximum Gasteiger partial charge on any atom is 0.0606 e. The Morgan fingerprint density at radius 1 is 1.40 bits per heavy atom. The van der Waals surface area contributed by atoms with Gasteiger partial charge in [-0.2, -0.15) is 0 Å². The first kappa shape index (κ1) is 14.7. The summed E-state index contributed by atoms with van der Waals surface area (Å²) in [7, 11) is -2.47. The molecule has 1 aliphatic heterocycles. The largest absolute Gasteiger partial charge is 0.285 e. The van der Waals surface area contributed by atoms with Gasteiger partial charge in [-0.15, -0.1) is 10.8 Å². The topological polar surface area (TPSA) is 43.7 Å². The summed E-state index contributed by atoms with van der Waals surface area (Å²) < 4.78 is 21.1. The van der Waals surface area contributed by atoms with Crippen LogP contribution in [-0.2, 0) is 0 Å². The van der Waals surface area contributed by atoms with Gasteiger partial charge in [0.05, 0.1) is 5.75 Å². The first-order valence-electron chi connectivity index (χ1n) is 4.90. The molecule has 1 unspecified atom stereocenters. The van der Waals surface area contributed by atoms with E-state index in [-0.39, 0.29) is 13.3 Å². The first-order valence-corrected chi connectivity index (χ1v) is 6.58. The summed E-state index contributed by atoms with van der Waals surface area (Å²) in [6.07, 6.45) is 7.94. The van der Waals surface area contributed by atoms with Crippen molar-refractivity contribution in [3.63, 3.8) is 0 Å². The molecule has 0 aliphatic carbocycles. The third kappa shape index (κ3) is 3.99. The smallest absolute Gasteiger partial charge is 0.0606 e. The van der Waals surface area contributed by atoms with E-state index in [0.717, 1.165) is 6.54 Å². The van der Waals surface area contributed by atoms with Gasteiger partial charge in [-0.3, -0.25) is 9.11 Å². The molecule has 0 aromatic carbocycles. The lowest BCUT2D eigenvalue weighted by Gasteiger charge is -2.35. The van der Waals surface area contributed by atoms with Crippen molar-refractivity contribution in [2.45, 2.75) is 21.3 Å².